The molecule has 2 heterocycles. The molecule has 0 aromatic carbocycles. The van der Waals surface area contributed by atoms with Crippen LogP contribution >= 0.6 is 0 Å². The van der Waals surface area contributed by atoms with Crippen molar-refractivity contribution in [3.8, 4) is 11.4 Å². The van der Waals surface area contributed by atoms with Crippen molar-refractivity contribution in [3.63, 3.8) is 0 Å². The number of hydrogen-bond donors (Lipinski definition) is 1. The molecule has 0 radical (unpaired) electrons. The van der Waals surface area contributed by atoms with E-state index in [-0.39, 0.29) is 0 Å². The highest BCUT2D eigenvalue weighted by atomic mass is 16.5. The molecule has 0 amide bonds. The minimum atomic E-state index is 0.330. The summed E-state index contributed by atoms with van der Waals surface area (Å²) in [6.45, 7) is 3.67. The van der Waals surface area contributed by atoms with Gasteiger partial charge in [0.25, 0.3) is 0 Å². The summed E-state index contributed by atoms with van der Waals surface area (Å²) < 4.78 is 4.86. The third-order valence-electron chi connectivity index (χ3n) is 1.98. The van der Waals surface area contributed by atoms with Crippen molar-refractivity contribution in [2.45, 2.75) is 13.8 Å². The van der Waals surface area contributed by atoms with E-state index in [0.717, 1.165) is 11.3 Å². The Bertz CT molecular complexity index is 464. The first kappa shape index (κ1) is 8.68. The Morgan fingerprint density at radius 3 is 2.71 bits per heavy atom. The van der Waals surface area contributed by atoms with Crippen LogP contribution in [0.1, 0.15) is 11.4 Å². The van der Waals surface area contributed by atoms with Gasteiger partial charge in [-0.1, -0.05) is 5.16 Å². The van der Waals surface area contributed by atoms with Gasteiger partial charge in [-0.3, -0.25) is 0 Å². The largest absolute Gasteiger partial charge is 0.367 e. The van der Waals surface area contributed by atoms with Crippen LogP contribution in [-0.2, 0) is 0 Å². The minimum absolute atomic E-state index is 0.330. The fraction of sp³-hybridized carbons (Fsp3) is 0.222. The van der Waals surface area contributed by atoms with Crippen molar-refractivity contribution < 1.29 is 4.52 Å². The minimum Gasteiger partial charge on any atom is -0.367 e. The zero-order valence-electron chi connectivity index (χ0n) is 7.98. The molecule has 0 aliphatic carbocycles. The maximum absolute atomic E-state index is 5.54. The van der Waals surface area contributed by atoms with Crippen LogP contribution in [0, 0.1) is 13.8 Å². The van der Waals surface area contributed by atoms with Crippen molar-refractivity contribution in [1.29, 1.82) is 0 Å². The van der Waals surface area contributed by atoms with E-state index in [2.05, 4.69) is 15.1 Å². The van der Waals surface area contributed by atoms with Gasteiger partial charge in [0.05, 0.1) is 5.69 Å². The molecule has 0 fully saturated rings. The summed E-state index contributed by atoms with van der Waals surface area (Å²) in [7, 11) is 0. The normalized spacial score (nSPS) is 10.4. The second kappa shape index (κ2) is 3.10. The highest BCUT2D eigenvalue weighted by Gasteiger charge is 2.12. The molecule has 2 aromatic rings. The summed E-state index contributed by atoms with van der Waals surface area (Å²) >= 11 is 0. The lowest BCUT2D eigenvalue weighted by molar-refractivity contribution is 0.438. The predicted molar refractivity (Wildman–Crippen MR) is 51.4 cm³/mol. The molecule has 5 heteroatoms. The lowest BCUT2D eigenvalue weighted by Crippen LogP contribution is -1.91. The van der Waals surface area contributed by atoms with E-state index in [1.165, 1.54) is 0 Å². The average molecular weight is 190 g/mol. The van der Waals surface area contributed by atoms with Crippen molar-refractivity contribution in [2.75, 3.05) is 5.73 Å². The molecule has 14 heavy (non-hydrogen) atoms. The summed E-state index contributed by atoms with van der Waals surface area (Å²) in [5, 5.41) is 3.84. The summed E-state index contributed by atoms with van der Waals surface area (Å²) in [6, 6.07) is 1.78. The molecule has 0 atom stereocenters. The highest BCUT2D eigenvalue weighted by molar-refractivity contribution is 5.62. The van der Waals surface area contributed by atoms with E-state index in [1.54, 1.807) is 12.3 Å². The lowest BCUT2D eigenvalue weighted by atomic mass is 10.2. The monoisotopic (exact) mass is 190 g/mol. The SMILES string of the molecule is Cc1nccc(-c2noc(N)c2C)n1. The molecule has 2 N–H and O–H groups in total. The molecular weight excluding hydrogens is 180 g/mol. The highest BCUT2D eigenvalue weighted by Crippen LogP contribution is 2.23. The van der Waals surface area contributed by atoms with Gasteiger partial charge in [0.2, 0.25) is 5.88 Å². The summed E-state index contributed by atoms with van der Waals surface area (Å²) in [6.07, 6.45) is 1.68. The molecule has 0 saturated carbocycles. The van der Waals surface area contributed by atoms with Crippen LogP contribution in [0.2, 0.25) is 0 Å². The Morgan fingerprint density at radius 1 is 1.36 bits per heavy atom. The van der Waals surface area contributed by atoms with E-state index in [4.69, 9.17) is 10.3 Å². The molecule has 0 spiro atoms. The topological polar surface area (TPSA) is 77.8 Å². The second-order valence-electron chi connectivity index (χ2n) is 3.01. The molecule has 72 valence electrons. The van der Waals surface area contributed by atoms with Gasteiger partial charge in [-0.2, -0.15) is 0 Å². The maximum atomic E-state index is 5.54. The Labute approximate surface area is 81.0 Å². The molecule has 2 aromatic heterocycles. The van der Waals surface area contributed by atoms with Crippen LogP contribution in [0.25, 0.3) is 11.4 Å². The molecule has 2 rings (SSSR count). The van der Waals surface area contributed by atoms with Gasteiger partial charge in [0, 0.05) is 11.8 Å². The number of hydrogen-bond acceptors (Lipinski definition) is 5. The van der Waals surface area contributed by atoms with Gasteiger partial charge in [0.15, 0.2) is 0 Å². The number of rotatable bonds is 1. The first-order chi connectivity index (χ1) is 6.68. The molecule has 0 aliphatic heterocycles. The van der Waals surface area contributed by atoms with Crippen LogP contribution in [0.5, 0.6) is 0 Å². The maximum Gasteiger partial charge on any atom is 0.225 e. The van der Waals surface area contributed by atoms with Gasteiger partial charge in [-0.05, 0) is 19.9 Å². The number of nitrogens with two attached hydrogens (primary N) is 1. The Balaban J connectivity index is 2.55. The molecule has 0 unspecified atom stereocenters. The smallest absolute Gasteiger partial charge is 0.225 e. The standard InChI is InChI=1S/C9H10N4O/c1-5-8(13-14-9(5)10)7-3-4-11-6(2)12-7/h3-4H,10H2,1-2H3. The third-order valence-corrected chi connectivity index (χ3v) is 1.98. The van der Waals surface area contributed by atoms with Crippen LogP contribution in [-0.4, -0.2) is 15.1 Å². The molecule has 0 aliphatic rings. The predicted octanol–water partition coefficient (Wildman–Crippen LogP) is 1.33. The van der Waals surface area contributed by atoms with E-state index < -0.39 is 0 Å². The van der Waals surface area contributed by atoms with Crippen molar-refractivity contribution >= 4 is 5.88 Å². The Morgan fingerprint density at radius 2 is 2.14 bits per heavy atom. The molecule has 5 nitrogen and oxygen atoms in total. The fourth-order valence-electron chi connectivity index (χ4n) is 1.18. The quantitative estimate of drug-likeness (QED) is 0.733. The summed E-state index contributed by atoms with van der Waals surface area (Å²) in [5.74, 6) is 1.03. The second-order valence-corrected chi connectivity index (χ2v) is 3.01. The summed E-state index contributed by atoms with van der Waals surface area (Å²) in [4.78, 5) is 8.23. The molecular formula is C9H10N4O. The molecule has 0 bridgehead atoms. The van der Waals surface area contributed by atoms with Crippen LogP contribution in [0.3, 0.4) is 0 Å². The van der Waals surface area contributed by atoms with E-state index >= 15 is 0 Å². The average Bonchev–Trinajstić information content (AvgIpc) is 2.48. The Hall–Kier alpha value is -1.91. The molecule has 0 saturated heterocycles. The number of nitrogens with zero attached hydrogens (tertiary/aromatic N) is 3. The van der Waals surface area contributed by atoms with E-state index in [9.17, 15) is 0 Å². The van der Waals surface area contributed by atoms with E-state index in [0.29, 0.717) is 17.4 Å². The Kier molecular flexibility index (Phi) is 1.92. The van der Waals surface area contributed by atoms with Crippen molar-refractivity contribution in [3.05, 3.63) is 23.7 Å². The van der Waals surface area contributed by atoms with Gasteiger partial charge < -0.3 is 10.3 Å². The van der Waals surface area contributed by atoms with Gasteiger partial charge in [0.1, 0.15) is 11.5 Å². The zero-order valence-corrected chi connectivity index (χ0v) is 7.98. The van der Waals surface area contributed by atoms with Crippen LogP contribution in [0.15, 0.2) is 16.8 Å². The van der Waals surface area contributed by atoms with Gasteiger partial charge in [-0.25, -0.2) is 9.97 Å². The number of aryl methyl sites for hydroxylation is 1. The van der Waals surface area contributed by atoms with Gasteiger partial charge in [-0.15, -0.1) is 0 Å². The van der Waals surface area contributed by atoms with Crippen molar-refractivity contribution in [2.24, 2.45) is 0 Å². The van der Waals surface area contributed by atoms with Gasteiger partial charge >= 0.3 is 0 Å². The zero-order chi connectivity index (χ0) is 10.1. The number of aromatic nitrogens is 3. The van der Waals surface area contributed by atoms with Crippen LogP contribution < -0.4 is 5.73 Å². The number of anilines is 1. The van der Waals surface area contributed by atoms with Crippen LogP contribution in [0.4, 0.5) is 5.88 Å². The summed E-state index contributed by atoms with van der Waals surface area (Å²) in [5.41, 5.74) is 7.76. The third kappa shape index (κ3) is 1.32. The number of nitrogen functional groups attached to an aromatic ring is 1. The van der Waals surface area contributed by atoms with Crippen molar-refractivity contribution in [1.82, 2.24) is 15.1 Å². The first-order valence-electron chi connectivity index (χ1n) is 4.20. The lowest BCUT2D eigenvalue weighted by Gasteiger charge is -1.96. The van der Waals surface area contributed by atoms with E-state index in [1.807, 2.05) is 13.8 Å². The fourth-order valence-corrected chi connectivity index (χ4v) is 1.18. The first-order valence-corrected chi connectivity index (χ1v) is 4.20.